The van der Waals surface area contributed by atoms with E-state index in [1.807, 2.05) is 23.1 Å². The van der Waals surface area contributed by atoms with Crippen molar-refractivity contribution in [2.45, 2.75) is 19.4 Å². The van der Waals surface area contributed by atoms with E-state index in [1.54, 1.807) is 23.2 Å². The van der Waals surface area contributed by atoms with Crippen LogP contribution in [0.3, 0.4) is 0 Å². The normalized spacial score (nSPS) is 17.3. The summed E-state index contributed by atoms with van der Waals surface area (Å²) in [4.78, 5) is 33.7. The highest BCUT2D eigenvalue weighted by atomic mass is 16.2. The first-order valence-corrected chi connectivity index (χ1v) is 9.72. The number of piperazine rings is 1. The van der Waals surface area contributed by atoms with Gasteiger partial charge in [0.25, 0.3) is 11.5 Å². The Morgan fingerprint density at radius 3 is 2.68 bits per heavy atom. The fourth-order valence-corrected chi connectivity index (χ4v) is 3.77. The van der Waals surface area contributed by atoms with Crippen LogP contribution in [0.4, 0.5) is 5.69 Å². The largest absolute Gasteiger partial charge is 0.368 e. The molecule has 0 atom stereocenters. The highest BCUT2D eigenvalue weighted by Gasteiger charge is 2.24. The number of aromatic nitrogens is 4. The van der Waals surface area contributed by atoms with Crippen LogP contribution >= 0.6 is 0 Å². The van der Waals surface area contributed by atoms with Crippen molar-refractivity contribution in [3.63, 3.8) is 0 Å². The second-order valence-corrected chi connectivity index (χ2v) is 7.60. The first kappa shape index (κ1) is 17.0. The van der Waals surface area contributed by atoms with Crippen LogP contribution < -0.4 is 10.5 Å². The van der Waals surface area contributed by atoms with Crippen molar-refractivity contribution in [3.8, 4) is 0 Å². The molecular formula is C20H22N6O2. The van der Waals surface area contributed by atoms with Gasteiger partial charge in [-0.2, -0.15) is 5.10 Å². The number of anilines is 1. The minimum absolute atomic E-state index is 0.0199. The van der Waals surface area contributed by atoms with Gasteiger partial charge in [0.15, 0.2) is 0 Å². The molecule has 1 saturated carbocycles. The fourth-order valence-electron chi connectivity index (χ4n) is 3.77. The smallest absolute Gasteiger partial charge is 0.271 e. The van der Waals surface area contributed by atoms with Crippen molar-refractivity contribution in [2.24, 2.45) is 5.92 Å². The summed E-state index contributed by atoms with van der Waals surface area (Å²) in [5.41, 5.74) is 2.32. The lowest BCUT2D eigenvalue weighted by molar-refractivity contribution is 0.0741. The Labute approximate surface area is 161 Å². The van der Waals surface area contributed by atoms with Crippen molar-refractivity contribution >= 4 is 22.5 Å². The van der Waals surface area contributed by atoms with E-state index in [0.717, 1.165) is 30.8 Å². The molecule has 0 unspecified atom stereocenters. The average Bonchev–Trinajstić information content (AvgIpc) is 3.38. The van der Waals surface area contributed by atoms with Crippen LogP contribution in [0, 0.1) is 5.92 Å². The Balaban J connectivity index is 1.31. The number of amides is 1. The lowest BCUT2D eigenvalue weighted by Gasteiger charge is -2.36. The Hall–Kier alpha value is -3.16. The van der Waals surface area contributed by atoms with Gasteiger partial charge < -0.3 is 9.80 Å². The molecular weight excluding hydrogens is 356 g/mol. The van der Waals surface area contributed by atoms with E-state index in [-0.39, 0.29) is 11.5 Å². The summed E-state index contributed by atoms with van der Waals surface area (Å²) in [5.74, 6) is 0.616. The molecule has 8 nitrogen and oxygen atoms in total. The van der Waals surface area contributed by atoms with E-state index in [4.69, 9.17) is 0 Å². The zero-order valence-corrected chi connectivity index (χ0v) is 15.5. The third kappa shape index (κ3) is 3.15. The second-order valence-electron chi connectivity index (χ2n) is 7.60. The van der Waals surface area contributed by atoms with Crippen LogP contribution in [0.25, 0.3) is 10.9 Å². The number of hydrogen-bond acceptors (Lipinski definition) is 5. The summed E-state index contributed by atoms with van der Waals surface area (Å²) < 4.78 is 1.74. The van der Waals surface area contributed by atoms with Gasteiger partial charge in [-0.05, 0) is 43.0 Å². The number of carbonyl (C=O) groups is 1. The van der Waals surface area contributed by atoms with Crippen molar-refractivity contribution in [1.82, 2.24) is 24.6 Å². The van der Waals surface area contributed by atoms with Crippen molar-refractivity contribution in [1.29, 1.82) is 0 Å². The molecule has 1 aliphatic carbocycles. The molecule has 2 fully saturated rings. The maximum Gasteiger partial charge on any atom is 0.271 e. The quantitative estimate of drug-likeness (QED) is 0.743. The van der Waals surface area contributed by atoms with Crippen LogP contribution in [0.2, 0.25) is 0 Å². The average molecular weight is 378 g/mol. The monoisotopic (exact) mass is 378 g/mol. The van der Waals surface area contributed by atoms with E-state index in [2.05, 4.69) is 20.1 Å². The van der Waals surface area contributed by atoms with E-state index >= 15 is 0 Å². The van der Waals surface area contributed by atoms with Crippen molar-refractivity contribution in [2.75, 3.05) is 31.1 Å². The molecule has 1 saturated heterocycles. The van der Waals surface area contributed by atoms with Gasteiger partial charge in [0, 0.05) is 44.6 Å². The molecule has 144 valence electrons. The highest BCUT2D eigenvalue weighted by molar-refractivity contribution is 5.92. The fraction of sp³-hybridized carbons (Fsp3) is 0.400. The van der Waals surface area contributed by atoms with E-state index < -0.39 is 0 Å². The topological polar surface area (TPSA) is 87.1 Å². The molecule has 0 bridgehead atoms. The lowest BCUT2D eigenvalue weighted by atomic mass is 10.2. The Morgan fingerprint density at radius 2 is 1.96 bits per heavy atom. The molecule has 1 aliphatic heterocycles. The highest BCUT2D eigenvalue weighted by Crippen LogP contribution is 2.30. The molecule has 2 aliphatic rings. The van der Waals surface area contributed by atoms with Gasteiger partial charge in [0.05, 0.1) is 17.2 Å². The summed E-state index contributed by atoms with van der Waals surface area (Å²) in [5, 5.41) is 7.24. The molecule has 1 amide bonds. The zero-order valence-electron chi connectivity index (χ0n) is 15.5. The number of carbonyl (C=O) groups excluding carboxylic acids is 1. The number of hydrogen-bond donors (Lipinski definition) is 1. The number of nitrogens with one attached hydrogen (secondary N) is 1. The Bertz CT molecular complexity index is 1060. The summed E-state index contributed by atoms with van der Waals surface area (Å²) in [6, 6.07) is 7.54. The third-order valence-electron chi connectivity index (χ3n) is 5.62. The molecule has 28 heavy (non-hydrogen) atoms. The van der Waals surface area contributed by atoms with Gasteiger partial charge in [-0.1, -0.05) is 0 Å². The molecule has 3 heterocycles. The molecule has 1 aromatic carbocycles. The Morgan fingerprint density at radius 1 is 1.14 bits per heavy atom. The molecule has 2 aromatic heterocycles. The van der Waals surface area contributed by atoms with E-state index in [9.17, 15) is 9.59 Å². The second kappa shape index (κ2) is 6.78. The van der Waals surface area contributed by atoms with Gasteiger partial charge in [-0.25, -0.2) is 4.98 Å². The Kier molecular flexibility index (Phi) is 4.11. The number of nitrogens with zero attached hydrogens (tertiary/aromatic N) is 5. The number of fused-ring (bicyclic) bond motifs is 1. The SMILES string of the molecule is O=C(c1ccn[nH]1)N1CCN(c2ccc3c(=O)n(CC4CC4)cnc3c2)CC1. The first-order valence-electron chi connectivity index (χ1n) is 9.72. The van der Waals surface area contributed by atoms with Gasteiger partial charge in [-0.3, -0.25) is 19.3 Å². The van der Waals surface area contributed by atoms with Gasteiger partial charge >= 0.3 is 0 Å². The zero-order chi connectivity index (χ0) is 19.1. The summed E-state index contributed by atoms with van der Waals surface area (Å²) in [6.07, 6.45) is 5.68. The number of rotatable bonds is 4. The van der Waals surface area contributed by atoms with E-state index in [0.29, 0.717) is 30.1 Å². The van der Waals surface area contributed by atoms with Crippen LogP contribution in [-0.2, 0) is 6.54 Å². The molecule has 3 aromatic rings. The maximum atomic E-state index is 12.7. The molecule has 0 radical (unpaired) electrons. The minimum Gasteiger partial charge on any atom is -0.368 e. The van der Waals surface area contributed by atoms with Gasteiger partial charge in [0.1, 0.15) is 5.69 Å². The third-order valence-corrected chi connectivity index (χ3v) is 5.62. The lowest BCUT2D eigenvalue weighted by Crippen LogP contribution is -2.48. The number of aromatic amines is 1. The van der Waals surface area contributed by atoms with Crippen LogP contribution in [0.15, 0.2) is 41.6 Å². The summed E-state index contributed by atoms with van der Waals surface area (Å²) >= 11 is 0. The van der Waals surface area contributed by atoms with Crippen LogP contribution in [0.1, 0.15) is 23.3 Å². The minimum atomic E-state index is -0.0199. The number of benzene rings is 1. The van der Waals surface area contributed by atoms with Gasteiger partial charge in [0.2, 0.25) is 0 Å². The summed E-state index contributed by atoms with van der Waals surface area (Å²) in [7, 11) is 0. The maximum absolute atomic E-state index is 12.7. The predicted molar refractivity (Wildman–Crippen MR) is 105 cm³/mol. The standard InChI is InChI=1S/C20H22N6O2/c27-19-16-4-3-15(11-18(16)21-13-26(19)12-14-1-2-14)24-7-9-25(10-8-24)20(28)17-5-6-22-23-17/h3-6,11,13-14H,1-2,7-10,12H2,(H,22,23). The first-order chi connectivity index (χ1) is 13.7. The molecule has 5 rings (SSSR count). The van der Waals surface area contributed by atoms with Crippen LogP contribution in [-0.4, -0.2) is 56.7 Å². The van der Waals surface area contributed by atoms with Crippen molar-refractivity contribution in [3.05, 3.63) is 52.8 Å². The van der Waals surface area contributed by atoms with Gasteiger partial charge in [-0.15, -0.1) is 0 Å². The van der Waals surface area contributed by atoms with Crippen LogP contribution in [0.5, 0.6) is 0 Å². The number of H-pyrrole nitrogens is 1. The molecule has 1 N–H and O–H groups in total. The molecule has 8 heteroatoms. The predicted octanol–water partition coefficient (Wildman–Crippen LogP) is 1.49. The van der Waals surface area contributed by atoms with Crippen molar-refractivity contribution < 1.29 is 4.79 Å². The summed E-state index contributed by atoms with van der Waals surface area (Å²) in [6.45, 7) is 3.54. The van der Waals surface area contributed by atoms with E-state index in [1.165, 1.54) is 12.8 Å². The molecule has 0 spiro atoms.